The van der Waals surface area contributed by atoms with Gasteiger partial charge in [0.15, 0.2) is 0 Å². The van der Waals surface area contributed by atoms with Crippen LogP contribution in [0.5, 0.6) is 5.75 Å². The lowest BCUT2D eigenvalue weighted by Gasteiger charge is -2.23. The number of hydrogen-bond donors (Lipinski definition) is 1. The molecular weight excluding hydrogens is 275 g/mol. The maximum absolute atomic E-state index is 14.1. The van der Waals surface area contributed by atoms with Gasteiger partial charge in [-0.2, -0.15) is 0 Å². The molecule has 20 heavy (non-hydrogen) atoms. The number of benzene rings is 1. The topological polar surface area (TPSA) is 34.1 Å². The predicted molar refractivity (Wildman–Crippen MR) is 79.6 cm³/mol. The quantitative estimate of drug-likeness (QED) is 0.871. The van der Waals surface area contributed by atoms with Crippen molar-refractivity contribution in [2.75, 3.05) is 7.11 Å². The number of nitrogens with zero attached hydrogens (tertiary/aromatic N) is 1. The minimum absolute atomic E-state index is 0.120. The third-order valence-electron chi connectivity index (χ3n) is 3.27. The average molecular weight is 294 g/mol. The molecule has 0 radical (unpaired) electrons. The molecule has 0 fully saturated rings. The van der Waals surface area contributed by atoms with Crippen molar-refractivity contribution in [3.05, 3.63) is 46.2 Å². The molecule has 1 heterocycles. The van der Waals surface area contributed by atoms with Crippen LogP contribution in [0.15, 0.2) is 29.8 Å². The second kappa shape index (κ2) is 6.81. The van der Waals surface area contributed by atoms with Crippen molar-refractivity contribution >= 4 is 11.3 Å². The number of aromatic nitrogens is 1. The van der Waals surface area contributed by atoms with Gasteiger partial charge in [-0.15, -0.1) is 11.3 Å². The highest BCUT2D eigenvalue weighted by Gasteiger charge is 2.20. The molecule has 0 aliphatic rings. The summed E-state index contributed by atoms with van der Waals surface area (Å²) >= 11 is 1.61. The van der Waals surface area contributed by atoms with Gasteiger partial charge in [0.05, 0.1) is 13.2 Å². The maximum Gasteiger partial charge on any atom is 0.131 e. The van der Waals surface area contributed by atoms with E-state index in [2.05, 4.69) is 17.2 Å². The molecule has 108 valence electrons. The van der Waals surface area contributed by atoms with E-state index in [0.717, 1.165) is 11.4 Å². The van der Waals surface area contributed by atoms with E-state index in [1.54, 1.807) is 36.8 Å². The van der Waals surface area contributed by atoms with E-state index in [1.807, 2.05) is 12.3 Å². The summed E-state index contributed by atoms with van der Waals surface area (Å²) in [4.78, 5) is 4.33. The standard InChI is InChI=1S/C15H19FN2OS/c1-4-12(15-17-8-9-20-15)18-10(2)14-11(16)6-5-7-13(14)19-3/h5-10,12,18H,4H2,1-3H3. The van der Waals surface area contributed by atoms with Crippen molar-refractivity contribution in [3.63, 3.8) is 0 Å². The van der Waals surface area contributed by atoms with Crippen LogP contribution in [0.1, 0.15) is 42.9 Å². The van der Waals surface area contributed by atoms with Gasteiger partial charge in [-0.25, -0.2) is 9.37 Å². The first-order valence-corrected chi connectivity index (χ1v) is 7.53. The van der Waals surface area contributed by atoms with E-state index in [9.17, 15) is 4.39 Å². The fourth-order valence-corrected chi connectivity index (χ4v) is 3.05. The van der Waals surface area contributed by atoms with Gasteiger partial charge in [-0.1, -0.05) is 13.0 Å². The Balaban J connectivity index is 2.21. The molecule has 1 N–H and O–H groups in total. The first-order chi connectivity index (χ1) is 9.67. The van der Waals surface area contributed by atoms with E-state index in [-0.39, 0.29) is 17.9 Å². The van der Waals surface area contributed by atoms with Crippen molar-refractivity contribution in [2.24, 2.45) is 0 Å². The molecule has 0 saturated carbocycles. The Kier molecular flexibility index (Phi) is 5.09. The number of thiazole rings is 1. The van der Waals surface area contributed by atoms with Crippen molar-refractivity contribution in [2.45, 2.75) is 32.4 Å². The molecule has 0 spiro atoms. The van der Waals surface area contributed by atoms with Crippen molar-refractivity contribution in [1.29, 1.82) is 0 Å². The Morgan fingerprint density at radius 1 is 1.45 bits per heavy atom. The fourth-order valence-electron chi connectivity index (χ4n) is 2.27. The lowest BCUT2D eigenvalue weighted by atomic mass is 10.0. The lowest BCUT2D eigenvalue weighted by molar-refractivity contribution is 0.382. The molecule has 3 nitrogen and oxygen atoms in total. The van der Waals surface area contributed by atoms with Crippen LogP contribution >= 0.6 is 11.3 Å². The van der Waals surface area contributed by atoms with Gasteiger partial charge in [0.2, 0.25) is 0 Å². The number of ether oxygens (including phenoxy) is 1. The Bertz CT molecular complexity index is 545. The lowest BCUT2D eigenvalue weighted by Crippen LogP contribution is -2.25. The van der Waals surface area contributed by atoms with Gasteiger partial charge < -0.3 is 10.1 Å². The van der Waals surface area contributed by atoms with Crippen LogP contribution in [0.3, 0.4) is 0 Å². The number of nitrogens with one attached hydrogen (secondary N) is 1. The summed E-state index contributed by atoms with van der Waals surface area (Å²) in [5.74, 6) is 0.317. The summed E-state index contributed by atoms with van der Waals surface area (Å²) in [5, 5.41) is 6.40. The number of methoxy groups -OCH3 is 1. The molecule has 1 aromatic carbocycles. The van der Waals surface area contributed by atoms with E-state index in [4.69, 9.17) is 4.74 Å². The molecule has 5 heteroatoms. The summed E-state index contributed by atoms with van der Waals surface area (Å²) in [5.41, 5.74) is 0.560. The summed E-state index contributed by atoms with van der Waals surface area (Å²) in [6, 6.07) is 4.86. The van der Waals surface area contributed by atoms with Crippen LogP contribution in [0.4, 0.5) is 4.39 Å². The summed E-state index contributed by atoms with van der Waals surface area (Å²) in [7, 11) is 1.56. The number of halogens is 1. The Labute approximate surface area is 122 Å². The smallest absolute Gasteiger partial charge is 0.131 e. The van der Waals surface area contributed by atoms with E-state index in [1.165, 1.54) is 6.07 Å². The van der Waals surface area contributed by atoms with Gasteiger partial charge in [0.1, 0.15) is 16.6 Å². The van der Waals surface area contributed by atoms with Gasteiger partial charge >= 0.3 is 0 Å². The van der Waals surface area contributed by atoms with Gasteiger partial charge in [-0.05, 0) is 25.5 Å². The zero-order valence-electron chi connectivity index (χ0n) is 11.9. The molecule has 0 aliphatic heterocycles. The van der Waals surface area contributed by atoms with Crippen molar-refractivity contribution in [3.8, 4) is 5.75 Å². The zero-order chi connectivity index (χ0) is 14.5. The van der Waals surface area contributed by atoms with Crippen LogP contribution in [0.2, 0.25) is 0 Å². The number of hydrogen-bond acceptors (Lipinski definition) is 4. The molecule has 1 aromatic heterocycles. The zero-order valence-corrected chi connectivity index (χ0v) is 12.7. The van der Waals surface area contributed by atoms with Crippen molar-refractivity contribution in [1.82, 2.24) is 10.3 Å². The van der Waals surface area contributed by atoms with E-state index in [0.29, 0.717) is 11.3 Å². The average Bonchev–Trinajstić information content (AvgIpc) is 2.98. The highest BCUT2D eigenvalue weighted by atomic mass is 32.1. The number of rotatable bonds is 6. The Morgan fingerprint density at radius 3 is 2.85 bits per heavy atom. The second-order valence-corrected chi connectivity index (χ2v) is 5.50. The highest BCUT2D eigenvalue weighted by molar-refractivity contribution is 7.09. The monoisotopic (exact) mass is 294 g/mol. The molecule has 2 atom stereocenters. The Morgan fingerprint density at radius 2 is 2.25 bits per heavy atom. The molecule has 0 bridgehead atoms. The van der Waals surface area contributed by atoms with Crippen LogP contribution in [-0.4, -0.2) is 12.1 Å². The second-order valence-electron chi connectivity index (χ2n) is 4.58. The minimum Gasteiger partial charge on any atom is -0.496 e. The first-order valence-electron chi connectivity index (χ1n) is 6.65. The van der Waals surface area contributed by atoms with Crippen LogP contribution in [0, 0.1) is 5.82 Å². The largest absolute Gasteiger partial charge is 0.496 e. The predicted octanol–water partition coefficient (Wildman–Crippen LogP) is 4.09. The maximum atomic E-state index is 14.1. The summed E-state index contributed by atoms with van der Waals surface area (Å²) in [6.07, 6.45) is 2.69. The summed E-state index contributed by atoms with van der Waals surface area (Å²) in [6.45, 7) is 4.03. The fraction of sp³-hybridized carbons (Fsp3) is 0.400. The third kappa shape index (κ3) is 3.16. The van der Waals surface area contributed by atoms with Crippen LogP contribution in [-0.2, 0) is 0 Å². The first kappa shape index (κ1) is 14.9. The highest BCUT2D eigenvalue weighted by Crippen LogP contribution is 2.30. The van der Waals surface area contributed by atoms with Gasteiger partial charge in [-0.3, -0.25) is 0 Å². The van der Waals surface area contributed by atoms with Gasteiger partial charge in [0, 0.05) is 23.2 Å². The Hall–Kier alpha value is -1.46. The minimum atomic E-state index is -0.252. The van der Waals surface area contributed by atoms with Crippen LogP contribution in [0.25, 0.3) is 0 Å². The van der Waals surface area contributed by atoms with E-state index >= 15 is 0 Å². The third-order valence-corrected chi connectivity index (χ3v) is 4.16. The molecule has 2 unspecified atom stereocenters. The van der Waals surface area contributed by atoms with Crippen LogP contribution < -0.4 is 10.1 Å². The molecule has 2 aromatic rings. The van der Waals surface area contributed by atoms with E-state index < -0.39 is 0 Å². The van der Waals surface area contributed by atoms with Crippen molar-refractivity contribution < 1.29 is 9.13 Å². The van der Waals surface area contributed by atoms with Gasteiger partial charge in [0.25, 0.3) is 0 Å². The SMILES string of the molecule is CCC(NC(C)c1c(F)cccc1OC)c1nccs1. The molecular formula is C15H19FN2OS. The molecule has 2 rings (SSSR count). The molecule has 0 saturated heterocycles. The molecule has 0 amide bonds. The molecule has 0 aliphatic carbocycles. The normalized spacial score (nSPS) is 14.0. The summed E-state index contributed by atoms with van der Waals surface area (Å²) < 4.78 is 19.3.